The van der Waals surface area contributed by atoms with Crippen LogP contribution in [0.25, 0.3) is 0 Å². The zero-order valence-electron chi connectivity index (χ0n) is 11.6. The number of nitrogens with zero attached hydrogens (tertiary/aromatic N) is 1. The molecular formula is C14H24N2O2. The van der Waals surface area contributed by atoms with Crippen LogP contribution >= 0.6 is 0 Å². The molecule has 2 amide bonds. The Balaban J connectivity index is 2.66. The number of rotatable bonds is 5. The van der Waals surface area contributed by atoms with Gasteiger partial charge in [0.2, 0.25) is 11.8 Å². The van der Waals surface area contributed by atoms with Crippen LogP contribution in [0.15, 0.2) is 12.2 Å². The van der Waals surface area contributed by atoms with Crippen molar-refractivity contribution in [2.75, 3.05) is 13.1 Å². The third-order valence-corrected chi connectivity index (χ3v) is 3.06. The molecule has 0 aliphatic carbocycles. The van der Waals surface area contributed by atoms with E-state index in [0.29, 0.717) is 31.8 Å². The zero-order chi connectivity index (χ0) is 13.5. The summed E-state index contributed by atoms with van der Waals surface area (Å²) in [6, 6.07) is -0.342. The van der Waals surface area contributed by atoms with Crippen molar-refractivity contribution in [3.05, 3.63) is 12.2 Å². The Morgan fingerprint density at radius 2 is 2.17 bits per heavy atom. The van der Waals surface area contributed by atoms with Crippen LogP contribution in [0.4, 0.5) is 0 Å². The minimum Gasteiger partial charge on any atom is -0.344 e. The Kier molecular flexibility index (Phi) is 5.89. The van der Waals surface area contributed by atoms with E-state index >= 15 is 0 Å². The van der Waals surface area contributed by atoms with E-state index in [1.165, 1.54) is 0 Å². The van der Waals surface area contributed by atoms with Gasteiger partial charge in [0.05, 0.1) is 0 Å². The fraction of sp³-hybridized carbons (Fsp3) is 0.714. The summed E-state index contributed by atoms with van der Waals surface area (Å²) in [5.74, 6) is 0.455. The second kappa shape index (κ2) is 7.19. The molecule has 0 aromatic carbocycles. The van der Waals surface area contributed by atoms with Gasteiger partial charge in [0, 0.05) is 19.5 Å². The van der Waals surface area contributed by atoms with Crippen molar-refractivity contribution >= 4 is 11.8 Å². The monoisotopic (exact) mass is 252 g/mol. The van der Waals surface area contributed by atoms with Crippen molar-refractivity contribution in [3.63, 3.8) is 0 Å². The maximum Gasteiger partial charge on any atom is 0.245 e. The summed E-state index contributed by atoms with van der Waals surface area (Å²) in [5.41, 5.74) is 0. The molecule has 4 nitrogen and oxygen atoms in total. The highest BCUT2D eigenvalue weighted by atomic mass is 16.2. The molecular weight excluding hydrogens is 228 g/mol. The molecule has 0 radical (unpaired) electrons. The van der Waals surface area contributed by atoms with Gasteiger partial charge >= 0.3 is 0 Å². The highest BCUT2D eigenvalue weighted by Crippen LogP contribution is 2.12. The SMILES string of the molecule is C/C=C/CCN1CCC(=O)NC(CC(C)C)C1=O. The van der Waals surface area contributed by atoms with Crippen LogP contribution in [0.3, 0.4) is 0 Å². The molecule has 4 heteroatoms. The van der Waals surface area contributed by atoms with Gasteiger partial charge in [-0.25, -0.2) is 0 Å². The molecule has 0 bridgehead atoms. The fourth-order valence-corrected chi connectivity index (χ4v) is 2.15. The maximum absolute atomic E-state index is 12.3. The Morgan fingerprint density at radius 3 is 2.78 bits per heavy atom. The van der Waals surface area contributed by atoms with Crippen molar-refractivity contribution in [2.24, 2.45) is 5.92 Å². The first-order valence-electron chi connectivity index (χ1n) is 6.74. The van der Waals surface area contributed by atoms with Crippen LogP contribution in [0.5, 0.6) is 0 Å². The van der Waals surface area contributed by atoms with E-state index in [4.69, 9.17) is 0 Å². The van der Waals surface area contributed by atoms with Crippen LogP contribution in [0.2, 0.25) is 0 Å². The summed E-state index contributed by atoms with van der Waals surface area (Å²) >= 11 is 0. The number of amides is 2. The quantitative estimate of drug-likeness (QED) is 0.757. The minimum atomic E-state index is -0.342. The Labute approximate surface area is 109 Å². The Morgan fingerprint density at radius 1 is 1.44 bits per heavy atom. The van der Waals surface area contributed by atoms with Crippen LogP contribution in [0.1, 0.15) is 40.0 Å². The molecule has 1 heterocycles. The van der Waals surface area contributed by atoms with Gasteiger partial charge in [-0.2, -0.15) is 0 Å². The highest BCUT2D eigenvalue weighted by molar-refractivity contribution is 5.89. The summed E-state index contributed by atoms with van der Waals surface area (Å²) in [6.07, 6.45) is 6.01. The van der Waals surface area contributed by atoms with Crippen molar-refractivity contribution in [2.45, 2.75) is 46.1 Å². The van der Waals surface area contributed by atoms with Crippen molar-refractivity contribution < 1.29 is 9.59 Å². The predicted octanol–water partition coefficient (Wildman–Crippen LogP) is 1.72. The summed E-state index contributed by atoms with van der Waals surface area (Å²) in [6.45, 7) is 7.34. The number of allylic oxidation sites excluding steroid dienone is 1. The van der Waals surface area contributed by atoms with E-state index in [0.717, 1.165) is 6.42 Å². The number of carbonyl (C=O) groups is 2. The van der Waals surface area contributed by atoms with Crippen LogP contribution < -0.4 is 5.32 Å². The molecule has 18 heavy (non-hydrogen) atoms. The second-order valence-corrected chi connectivity index (χ2v) is 5.18. The third kappa shape index (κ3) is 4.51. The lowest BCUT2D eigenvalue weighted by Crippen LogP contribution is -2.45. The van der Waals surface area contributed by atoms with Crippen molar-refractivity contribution in [3.8, 4) is 0 Å². The van der Waals surface area contributed by atoms with E-state index in [2.05, 4.69) is 19.2 Å². The summed E-state index contributed by atoms with van der Waals surface area (Å²) in [5, 5.41) is 2.83. The van der Waals surface area contributed by atoms with Gasteiger partial charge in [-0.3, -0.25) is 9.59 Å². The van der Waals surface area contributed by atoms with E-state index in [1.807, 2.05) is 24.0 Å². The normalized spacial score (nSPS) is 21.6. The predicted molar refractivity (Wildman–Crippen MR) is 72.0 cm³/mol. The van der Waals surface area contributed by atoms with Gasteiger partial charge in [0.15, 0.2) is 0 Å². The molecule has 1 fully saturated rings. The lowest BCUT2D eigenvalue weighted by atomic mass is 10.0. The zero-order valence-corrected chi connectivity index (χ0v) is 11.6. The molecule has 1 aliphatic rings. The molecule has 1 atom stereocenters. The lowest BCUT2D eigenvalue weighted by molar-refractivity contribution is -0.133. The third-order valence-electron chi connectivity index (χ3n) is 3.06. The van der Waals surface area contributed by atoms with Gasteiger partial charge in [0.1, 0.15) is 6.04 Å². The van der Waals surface area contributed by atoms with E-state index in [1.54, 1.807) is 0 Å². The topological polar surface area (TPSA) is 49.4 Å². The van der Waals surface area contributed by atoms with Crippen LogP contribution in [-0.2, 0) is 9.59 Å². The molecule has 0 aromatic heterocycles. The average Bonchev–Trinajstić information content (AvgIpc) is 2.42. The summed E-state index contributed by atoms with van der Waals surface area (Å²) in [4.78, 5) is 25.7. The Bertz CT molecular complexity index is 324. The number of hydrogen-bond donors (Lipinski definition) is 1. The molecule has 1 rings (SSSR count). The van der Waals surface area contributed by atoms with E-state index in [-0.39, 0.29) is 17.9 Å². The average molecular weight is 252 g/mol. The van der Waals surface area contributed by atoms with Crippen LogP contribution in [0, 0.1) is 5.92 Å². The van der Waals surface area contributed by atoms with Crippen molar-refractivity contribution in [1.29, 1.82) is 0 Å². The van der Waals surface area contributed by atoms with Crippen LogP contribution in [-0.4, -0.2) is 35.8 Å². The molecule has 1 N–H and O–H groups in total. The molecule has 0 aromatic rings. The Hall–Kier alpha value is -1.32. The smallest absolute Gasteiger partial charge is 0.245 e. The molecule has 1 unspecified atom stereocenters. The largest absolute Gasteiger partial charge is 0.344 e. The molecule has 0 spiro atoms. The fourth-order valence-electron chi connectivity index (χ4n) is 2.15. The maximum atomic E-state index is 12.3. The van der Waals surface area contributed by atoms with Gasteiger partial charge in [-0.1, -0.05) is 26.0 Å². The van der Waals surface area contributed by atoms with Gasteiger partial charge in [-0.15, -0.1) is 0 Å². The second-order valence-electron chi connectivity index (χ2n) is 5.18. The van der Waals surface area contributed by atoms with E-state index in [9.17, 15) is 9.59 Å². The molecule has 102 valence electrons. The lowest BCUT2D eigenvalue weighted by Gasteiger charge is -2.24. The highest BCUT2D eigenvalue weighted by Gasteiger charge is 2.29. The minimum absolute atomic E-state index is 0.0115. The number of carbonyl (C=O) groups excluding carboxylic acids is 2. The standard InChI is InChI=1S/C14H24N2O2/c1-4-5-6-8-16-9-7-13(17)15-12(14(16)18)10-11(2)3/h4-5,11-12H,6-10H2,1-3H3,(H,15,17)/b5-4+. The number of hydrogen-bond acceptors (Lipinski definition) is 2. The summed E-state index contributed by atoms with van der Waals surface area (Å²) < 4.78 is 0. The number of nitrogens with one attached hydrogen (secondary N) is 1. The van der Waals surface area contributed by atoms with Gasteiger partial charge < -0.3 is 10.2 Å². The first kappa shape index (κ1) is 14.7. The first-order valence-corrected chi connectivity index (χ1v) is 6.74. The first-order chi connectivity index (χ1) is 8.54. The van der Waals surface area contributed by atoms with Gasteiger partial charge in [-0.05, 0) is 25.7 Å². The summed E-state index contributed by atoms with van der Waals surface area (Å²) in [7, 11) is 0. The molecule has 1 aliphatic heterocycles. The van der Waals surface area contributed by atoms with E-state index < -0.39 is 0 Å². The molecule has 0 saturated carbocycles. The van der Waals surface area contributed by atoms with Gasteiger partial charge in [0.25, 0.3) is 0 Å². The molecule has 1 saturated heterocycles. The van der Waals surface area contributed by atoms with Crippen molar-refractivity contribution in [1.82, 2.24) is 10.2 Å².